The number of rotatable bonds is 4. The highest BCUT2D eigenvalue weighted by molar-refractivity contribution is 7.32. The zero-order chi connectivity index (χ0) is 33.5. The van der Waals surface area contributed by atoms with Gasteiger partial charge in [0, 0.05) is 34.2 Å². The number of hydrogen-bond acceptors (Lipinski definition) is 3. The largest absolute Gasteiger partial charge is 0.311 e. The molecule has 0 radical (unpaired) electrons. The number of aromatic nitrogens is 1. The summed E-state index contributed by atoms with van der Waals surface area (Å²) in [5.41, 5.74) is 15.5. The van der Waals surface area contributed by atoms with E-state index in [1.807, 2.05) is 11.3 Å². The molecule has 49 heavy (non-hydrogen) atoms. The van der Waals surface area contributed by atoms with Crippen LogP contribution in [-0.2, 0) is 10.8 Å². The van der Waals surface area contributed by atoms with Gasteiger partial charge in [0.05, 0.1) is 10.4 Å². The molecule has 0 amide bonds. The van der Waals surface area contributed by atoms with Crippen molar-refractivity contribution < 1.29 is 0 Å². The minimum atomic E-state index is -0.140. The molecule has 2 nitrogen and oxygen atoms in total. The van der Waals surface area contributed by atoms with Gasteiger partial charge >= 0.3 is 0 Å². The molecule has 238 valence electrons. The van der Waals surface area contributed by atoms with Crippen LogP contribution in [0.2, 0.25) is 0 Å². The highest BCUT2D eigenvalue weighted by Gasteiger charge is 2.49. The molecule has 1 unspecified atom stereocenters. The molecule has 7 aromatic rings. The van der Waals surface area contributed by atoms with Gasteiger partial charge in [-0.3, -0.25) is 4.98 Å². The van der Waals surface area contributed by atoms with Crippen molar-refractivity contribution in [3.8, 4) is 22.4 Å². The fraction of sp³-hybridized carbons (Fsp3) is 0.178. The lowest BCUT2D eigenvalue weighted by Gasteiger charge is -2.45. The average Bonchev–Trinajstić information content (AvgIpc) is 3.53. The standard InChI is InChI=1S/C45H39BN2S/c1-6-45(5)35-18-13-19-38-42(35)46(43-41(45)34-27-37(47-28-40(34)49-43)30-14-9-7-10-15-30)36-25-22-31(29-20-23-32(24-21-29)44(2,3)4)26-39(36)48(38)33-16-11-8-12-17-33/h7-28H,6H2,1-5H3. The van der Waals surface area contributed by atoms with Crippen LogP contribution in [0.5, 0.6) is 0 Å². The molecule has 0 fully saturated rings. The van der Waals surface area contributed by atoms with Crippen molar-refractivity contribution in [1.82, 2.24) is 4.98 Å². The van der Waals surface area contributed by atoms with Crippen molar-refractivity contribution in [3.05, 3.63) is 150 Å². The van der Waals surface area contributed by atoms with Crippen LogP contribution in [0.1, 0.15) is 57.7 Å². The lowest BCUT2D eigenvalue weighted by Crippen LogP contribution is -2.63. The SMILES string of the molecule is CCC1(C)c2cccc3c2B(c2ccc(-c4ccc(C(C)(C)C)cc4)cc2N3c2ccccc2)c2sc3cnc(-c4ccccc4)cc3c21. The Kier molecular flexibility index (Phi) is 6.80. The van der Waals surface area contributed by atoms with E-state index < -0.39 is 0 Å². The monoisotopic (exact) mass is 650 g/mol. The van der Waals surface area contributed by atoms with Gasteiger partial charge in [-0.25, -0.2) is 0 Å². The number of anilines is 3. The van der Waals surface area contributed by atoms with Crippen molar-refractivity contribution in [2.45, 2.75) is 51.9 Å². The van der Waals surface area contributed by atoms with Crippen LogP contribution in [0.4, 0.5) is 17.1 Å². The predicted molar refractivity (Wildman–Crippen MR) is 212 cm³/mol. The quantitative estimate of drug-likeness (QED) is 0.176. The Labute approximate surface area is 294 Å². The summed E-state index contributed by atoms with van der Waals surface area (Å²) < 4.78 is 2.73. The summed E-state index contributed by atoms with van der Waals surface area (Å²) in [5, 5.41) is 1.34. The van der Waals surface area contributed by atoms with Gasteiger partial charge < -0.3 is 4.90 Å². The minimum absolute atomic E-state index is 0.118. The van der Waals surface area contributed by atoms with E-state index in [4.69, 9.17) is 4.98 Å². The van der Waals surface area contributed by atoms with Crippen LogP contribution < -0.4 is 20.6 Å². The fourth-order valence-electron chi connectivity index (χ4n) is 8.33. The van der Waals surface area contributed by atoms with E-state index in [9.17, 15) is 0 Å². The first kappa shape index (κ1) is 30.2. The predicted octanol–water partition coefficient (Wildman–Crippen LogP) is 10.3. The first-order valence-electron chi connectivity index (χ1n) is 17.5. The molecule has 4 heteroatoms. The number of hydrogen-bond donors (Lipinski definition) is 0. The zero-order valence-corrected chi connectivity index (χ0v) is 29.6. The minimum Gasteiger partial charge on any atom is -0.311 e. The Bertz CT molecular complexity index is 2370. The fourth-order valence-corrected chi connectivity index (χ4v) is 9.75. The summed E-state index contributed by atoms with van der Waals surface area (Å²) in [6.45, 7) is 11.8. The van der Waals surface area contributed by atoms with E-state index in [2.05, 4.69) is 173 Å². The Morgan fingerprint density at radius 2 is 1.45 bits per heavy atom. The molecule has 9 rings (SSSR count). The Balaban J connectivity index is 1.31. The summed E-state index contributed by atoms with van der Waals surface area (Å²) in [6, 6.07) is 47.3. The summed E-state index contributed by atoms with van der Waals surface area (Å²) in [6.07, 6.45) is 3.13. The van der Waals surface area contributed by atoms with E-state index in [0.29, 0.717) is 0 Å². The Morgan fingerprint density at radius 3 is 2.16 bits per heavy atom. The highest BCUT2D eigenvalue weighted by Crippen LogP contribution is 2.48. The summed E-state index contributed by atoms with van der Waals surface area (Å²) in [7, 11) is 0. The average molecular weight is 651 g/mol. The van der Waals surface area contributed by atoms with E-state index >= 15 is 0 Å². The molecule has 0 N–H and O–H groups in total. The molecule has 1 atom stereocenters. The molecule has 2 aromatic heterocycles. The van der Waals surface area contributed by atoms with Crippen LogP contribution >= 0.6 is 11.3 Å². The normalized spacial score (nSPS) is 16.3. The van der Waals surface area contributed by atoms with Crippen molar-refractivity contribution >= 4 is 60.9 Å². The van der Waals surface area contributed by atoms with Crippen molar-refractivity contribution in [1.29, 1.82) is 0 Å². The molecular weight excluding hydrogens is 611 g/mol. The molecule has 0 aliphatic carbocycles. The molecule has 0 saturated carbocycles. The van der Waals surface area contributed by atoms with Crippen LogP contribution in [-0.4, -0.2) is 11.7 Å². The summed E-state index contributed by atoms with van der Waals surface area (Å²) >= 11 is 1.94. The number of pyridine rings is 1. The lowest BCUT2D eigenvalue weighted by molar-refractivity contribution is 0.559. The summed E-state index contributed by atoms with van der Waals surface area (Å²) in [5.74, 6) is 0. The number of benzene rings is 5. The van der Waals surface area contributed by atoms with E-state index in [-0.39, 0.29) is 17.5 Å². The van der Waals surface area contributed by atoms with E-state index in [0.717, 1.165) is 17.7 Å². The van der Waals surface area contributed by atoms with Crippen LogP contribution in [0.3, 0.4) is 0 Å². The molecule has 0 spiro atoms. The third-order valence-electron chi connectivity index (χ3n) is 11.1. The topological polar surface area (TPSA) is 16.1 Å². The highest BCUT2D eigenvalue weighted by atomic mass is 32.1. The first-order chi connectivity index (χ1) is 23.8. The van der Waals surface area contributed by atoms with Gasteiger partial charge in [0.2, 0.25) is 0 Å². The van der Waals surface area contributed by atoms with Crippen LogP contribution in [0, 0.1) is 0 Å². The Hall–Kier alpha value is -4.93. The number of para-hydroxylation sites is 1. The maximum absolute atomic E-state index is 4.99. The second-order valence-electron chi connectivity index (χ2n) is 14.9. The van der Waals surface area contributed by atoms with E-state index in [1.165, 1.54) is 70.7 Å². The van der Waals surface area contributed by atoms with Gasteiger partial charge in [-0.05, 0) is 91.1 Å². The molecule has 4 heterocycles. The van der Waals surface area contributed by atoms with Crippen LogP contribution in [0.15, 0.2) is 134 Å². The van der Waals surface area contributed by atoms with Crippen molar-refractivity contribution in [2.75, 3.05) is 4.90 Å². The van der Waals surface area contributed by atoms with Gasteiger partial charge in [0.1, 0.15) is 0 Å². The zero-order valence-electron chi connectivity index (χ0n) is 28.8. The van der Waals surface area contributed by atoms with Gasteiger partial charge in [-0.2, -0.15) is 0 Å². The van der Waals surface area contributed by atoms with E-state index in [1.54, 1.807) is 0 Å². The number of thiophene rings is 1. The second-order valence-corrected chi connectivity index (χ2v) is 16.0. The van der Waals surface area contributed by atoms with Crippen molar-refractivity contribution in [3.63, 3.8) is 0 Å². The van der Waals surface area contributed by atoms with Crippen molar-refractivity contribution in [2.24, 2.45) is 0 Å². The molecule has 2 aliphatic rings. The number of nitrogens with zero attached hydrogens (tertiary/aromatic N) is 2. The maximum Gasteiger partial charge on any atom is 0.259 e. The molecule has 0 saturated heterocycles. The maximum atomic E-state index is 4.99. The molecular formula is C45H39BN2S. The molecule has 2 aliphatic heterocycles. The third kappa shape index (κ3) is 4.57. The lowest BCUT2D eigenvalue weighted by atomic mass is 9.32. The van der Waals surface area contributed by atoms with Gasteiger partial charge in [-0.1, -0.05) is 132 Å². The third-order valence-corrected chi connectivity index (χ3v) is 12.3. The molecule has 5 aromatic carbocycles. The van der Waals surface area contributed by atoms with Gasteiger partial charge in [-0.15, -0.1) is 11.3 Å². The summed E-state index contributed by atoms with van der Waals surface area (Å²) in [4.78, 5) is 7.51. The Morgan fingerprint density at radius 1 is 0.735 bits per heavy atom. The first-order valence-corrected chi connectivity index (χ1v) is 18.3. The number of fused-ring (bicyclic) bond motifs is 6. The second kappa shape index (κ2) is 11.0. The van der Waals surface area contributed by atoms with Gasteiger partial charge in [0.15, 0.2) is 0 Å². The smallest absolute Gasteiger partial charge is 0.259 e. The van der Waals surface area contributed by atoms with Gasteiger partial charge in [0.25, 0.3) is 6.71 Å². The van der Waals surface area contributed by atoms with Crippen LogP contribution in [0.25, 0.3) is 32.5 Å². The molecule has 0 bridgehead atoms.